The van der Waals surface area contributed by atoms with Gasteiger partial charge in [0.05, 0.1) is 6.61 Å². The van der Waals surface area contributed by atoms with Crippen molar-refractivity contribution in [2.75, 3.05) is 25.2 Å². The van der Waals surface area contributed by atoms with E-state index in [1.807, 2.05) is 18.8 Å². The third kappa shape index (κ3) is 4.91. The Labute approximate surface area is 116 Å². The van der Waals surface area contributed by atoms with E-state index in [1.54, 1.807) is 0 Å². The molecule has 1 aromatic rings. The highest BCUT2D eigenvalue weighted by Crippen LogP contribution is 2.26. The third-order valence-electron chi connectivity index (χ3n) is 2.96. The van der Waals surface area contributed by atoms with Crippen molar-refractivity contribution in [3.8, 4) is 5.75 Å². The van der Waals surface area contributed by atoms with Crippen molar-refractivity contribution in [3.05, 3.63) is 29.3 Å². The van der Waals surface area contributed by atoms with Gasteiger partial charge in [-0.2, -0.15) is 11.8 Å². The molecule has 0 saturated carbocycles. The highest BCUT2D eigenvalue weighted by atomic mass is 32.2. The first-order valence-electron chi connectivity index (χ1n) is 6.67. The summed E-state index contributed by atoms with van der Waals surface area (Å²) in [7, 11) is 1.98. The Kier molecular flexibility index (Phi) is 7.21. The van der Waals surface area contributed by atoms with Crippen molar-refractivity contribution in [1.29, 1.82) is 0 Å². The van der Waals surface area contributed by atoms with Crippen molar-refractivity contribution in [1.82, 2.24) is 5.32 Å². The van der Waals surface area contributed by atoms with Gasteiger partial charge in [0.15, 0.2) is 0 Å². The first kappa shape index (κ1) is 15.4. The van der Waals surface area contributed by atoms with Gasteiger partial charge in [-0.3, -0.25) is 0 Å². The fourth-order valence-corrected chi connectivity index (χ4v) is 2.38. The lowest BCUT2D eigenvalue weighted by Gasteiger charge is -2.17. The number of hydrogen-bond acceptors (Lipinski definition) is 3. The van der Waals surface area contributed by atoms with Gasteiger partial charge in [-0.1, -0.05) is 19.1 Å². The fraction of sp³-hybridized carbons (Fsp3) is 0.600. The summed E-state index contributed by atoms with van der Waals surface area (Å²) in [5, 5.41) is 3.27. The quantitative estimate of drug-likeness (QED) is 0.724. The smallest absolute Gasteiger partial charge is 0.124 e. The second-order valence-electron chi connectivity index (χ2n) is 4.45. The van der Waals surface area contributed by atoms with Crippen LogP contribution >= 0.6 is 11.8 Å². The van der Waals surface area contributed by atoms with Gasteiger partial charge in [0.2, 0.25) is 0 Å². The Morgan fingerprint density at radius 2 is 2.17 bits per heavy atom. The Hall–Kier alpha value is -0.670. The van der Waals surface area contributed by atoms with Gasteiger partial charge in [0.1, 0.15) is 5.75 Å². The normalized spacial score (nSPS) is 12.4. The monoisotopic (exact) mass is 267 g/mol. The average molecular weight is 267 g/mol. The number of ether oxygens (including phenoxy) is 1. The summed E-state index contributed by atoms with van der Waals surface area (Å²) in [6, 6.07) is 6.76. The van der Waals surface area contributed by atoms with Crippen LogP contribution in [0.2, 0.25) is 0 Å². The van der Waals surface area contributed by atoms with Gasteiger partial charge in [-0.25, -0.2) is 0 Å². The molecule has 0 radical (unpaired) electrons. The summed E-state index contributed by atoms with van der Waals surface area (Å²) in [5.41, 5.74) is 2.49. The lowest BCUT2D eigenvalue weighted by molar-refractivity contribution is 0.312. The van der Waals surface area contributed by atoms with Crippen LogP contribution in [-0.2, 0) is 0 Å². The van der Waals surface area contributed by atoms with E-state index in [1.165, 1.54) is 22.6 Å². The van der Waals surface area contributed by atoms with Crippen LogP contribution < -0.4 is 10.1 Å². The molecule has 0 amide bonds. The predicted octanol–water partition coefficient (Wildman–Crippen LogP) is 3.80. The minimum absolute atomic E-state index is 0.325. The first-order chi connectivity index (χ1) is 8.69. The summed E-state index contributed by atoms with van der Waals surface area (Å²) in [6.45, 7) is 7.26. The average Bonchev–Trinajstić information content (AvgIpc) is 2.38. The number of nitrogens with one attached hydrogen (secondary N) is 1. The van der Waals surface area contributed by atoms with Crippen LogP contribution in [0.15, 0.2) is 18.2 Å². The Morgan fingerprint density at radius 1 is 1.39 bits per heavy atom. The number of rotatable bonds is 8. The number of benzene rings is 1. The number of aryl methyl sites for hydroxylation is 1. The first-order valence-corrected chi connectivity index (χ1v) is 7.82. The summed E-state index contributed by atoms with van der Waals surface area (Å²) in [5.74, 6) is 3.39. The maximum Gasteiger partial charge on any atom is 0.124 e. The highest BCUT2D eigenvalue weighted by Gasteiger charge is 2.10. The molecule has 1 aromatic carbocycles. The van der Waals surface area contributed by atoms with E-state index in [2.05, 4.69) is 44.3 Å². The van der Waals surface area contributed by atoms with Gasteiger partial charge < -0.3 is 10.1 Å². The molecule has 0 bridgehead atoms. The zero-order valence-electron chi connectivity index (χ0n) is 12.0. The molecule has 1 unspecified atom stereocenters. The van der Waals surface area contributed by atoms with E-state index in [0.717, 1.165) is 18.8 Å². The van der Waals surface area contributed by atoms with Crippen LogP contribution in [0.25, 0.3) is 0 Å². The minimum Gasteiger partial charge on any atom is -0.493 e. The molecular weight excluding hydrogens is 242 g/mol. The van der Waals surface area contributed by atoms with Crippen LogP contribution in [0, 0.1) is 6.92 Å². The lowest BCUT2D eigenvalue weighted by atomic mass is 10.1. The molecule has 1 rings (SSSR count). The van der Waals surface area contributed by atoms with Crippen molar-refractivity contribution in [2.24, 2.45) is 0 Å². The molecule has 0 saturated heterocycles. The van der Waals surface area contributed by atoms with E-state index in [9.17, 15) is 0 Å². The lowest BCUT2D eigenvalue weighted by Crippen LogP contribution is -2.14. The largest absolute Gasteiger partial charge is 0.493 e. The molecule has 0 heterocycles. The highest BCUT2D eigenvalue weighted by molar-refractivity contribution is 7.99. The zero-order chi connectivity index (χ0) is 13.4. The predicted molar refractivity (Wildman–Crippen MR) is 81.8 cm³/mol. The maximum absolute atomic E-state index is 5.93. The topological polar surface area (TPSA) is 21.3 Å². The Morgan fingerprint density at radius 3 is 2.83 bits per heavy atom. The molecular formula is C15H25NOS. The SMILES string of the molecule is CCSCCCOc1cc(C)ccc1C(C)NC. The van der Waals surface area contributed by atoms with Gasteiger partial charge >= 0.3 is 0 Å². The molecule has 2 nitrogen and oxygen atoms in total. The fourth-order valence-electron chi connectivity index (χ4n) is 1.77. The van der Waals surface area contributed by atoms with E-state index in [0.29, 0.717) is 6.04 Å². The second kappa shape index (κ2) is 8.44. The van der Waals surface area contributed by atoms with Crippen LogP contribution in [0.5, 0.6) is 5.75 Å². The Bertz CT molecular complexity index is 354. The molecule has 18 heavy (non-hydrogen) atoms. The molecule has 0 aromatic heterocycles. The summed E-state index contributed by atoms with van der Waals surface area (Å²) < 4.78 is 5.93. The van der Waals surface area contributed by atoms with Crippen molar-refractivity contribution < 1.29 is 4.74 Å². The van der Waals surface area contributed by atoms with Crippen molar-refractivity contribution in [2.45, 2.75) is 33.2 Å². The van der Waals surface area contributed by atoms with Crippen molar-refractivity contribution >= 4 is 11.8 Å². The maximum atomic E-state index is 5.93. The molecule has 0 fully saturated rings. The molecule has 0 aliphatic heterocycles. The van der Waals surface area contributed by atoms with E-state index < -0.39 is 0 Å². The molecule has 0 aliphatic rings. The van der Waals surface area contributed by atoms with E-state index >= 15 is 0 Å². The third-order valence-corrected chi connectivity index (χ3v) is 3.95. The molecule has 0 spiro atoms. The summed E-state index contributed by atoms with van der Waals surface area (Å²) in [6.07, 6.45) is 1.11. The van der Waals surface area contributed by atoms with Crippen LogP contribution in [-0.4, -0.2) is 25.2 Å². The summed E-state index contributed by atoms with van der Waals surface area (Å²) >= 11 is 1.97. The number of hydrogen-bond donors (Lipinski definition) is 1. The number of thioether (sulfide) groups is 1. The van der Waals surface area contributed by atoms with Crippen LogP contribution in [0.3, 0.4) is 0 Å². The van der Waals surface area contributed by atoms with E-state index in [4.69, 9.17) is 4.74 Å². The van der Waals surface area contributed by atoms with Crippen LogP contribution in [0.1, 0.15) is 37.4 Å². The molecule has 0 aliphatic carbocycles. The van der Waals surface area contributed by atoms with Gasteiger partial charge in [-0.15, -0.1) is 0 Å². The standard InChI is InChI=1S/C15H25NOS/c1-5-18-10-6-9-17-15-11-12(2)7-8-14(15)13(3)16-4/h7-8,11,13,16H,5-6,9-10H2,1-4H3. The van der Waals surface area contributed by atoms with Crippen molar-refractivity contribution in [3.63, 3.8) is 0 Å². The zero-order valence-corrected chi connectivity index (χ0v) is 12.8. The molecule has 1 atom stereocenters. The van der Waals surface area contributed by atoms with Crippen LogP contribution in [0.4, 0.5) is 0 Å². The molecule has 3 heteroatoms. The minimum atomic E-state index is 0.325. The van der Waals surface area contributed by atoms with Gasteiger partial charge in [-0.05, 0) is 50.5 Å². The van der Waals surface area contributed by atoms with Gasteiger partial charge in [0, 0.05) is 11.6 Å². The summed E-state index contributed by atoms with van der Waals surface area (Å²) in [4.78, 5) is 0. The van der Waals surface area contributed by atoms with E-state index in [-0.39, 0.29) is 0 Å². The Balaban J connectivity index is 2.59. The molecule has 102 valence electrons. The van der Waals surface area contributed by atoms with Gasteiger partial charge in [0.25, 0.3) is 0 Å². The molecule has 1 N–H and O–H groups in total. The second-order valence-corrected chi connectivity index (χ2v) is 5.84.